The van der Waals surface area contributed by atoms with Crippen LogP contribution in [0.3, 0.4) is 0 Å². The van der Waals surface area contributed by atoms with Gasteiger partial charge in [-0.05, 0) is 30.0 Å². The normalized spacial score (nSPS) is 16.7. The van der Waals surface area contributed by atoms with Crippen LogP contribution in [0.5, 0.6) is 11.5 Å². The van der Waals surface area contributed by atoms with E-state index in [1.807, 2.05) is 47.4 Å². The van der Waals surface area contributed by atoms with E-state index in [2.05, 4.69) is 5.32 Å². The highest BCUT2D eigenvalue weighted by Crippen LogP contribution is 2.49. The van der Waals surface area contributed by atoms with Crippen molar-refractivity contribution in [2.24, 2.45) is 0 Å². The Kier molecular flexibility index (Phi) is 6.13. The number of carbonyl (C=O) groups excluding carboxylic acids is 2. The molecule has 0 radical (unpaired) electrons. The molecule has 1 saturated heterocycles. The Labute approximate surface area is 182 Å². The molecule has 0 aromatic heterocycles. The van der Waals surface area contributed by atoms with E-state index in [1.165, 1.54) is 0 Å². The average Bonchev–Trinajstić information content (AvgIpc) is 3.06. The number of nitrogens with one attached hydrogen (secondary N) is 1. The number of methoxy groups -OCH3 is 2. The Balaban J connectivity index is 1.53. The molecule has 0 atom stereocenters. The summed E-state index contributed by atoms with van der Waals surface area (Å²) >= 11 is 0. The fourth-order valence-electron chi connectivity index (χ4n) is 4.41. The molecule has 0 aliphatic carbocycles. The minimum atomic E-state index is -0.640. The summed E-state index contributed by atoms with van der Waals surface area (Å²) in [7, 11) is 3.19. The average molecular weight is 424 g/mol. The number of fused-ring (bicyclic) bond motifs is 2. The van der Waals surface area contributed by atoms with Crippen LogP contribution in [0.1, 0.15) is 30.4 Å². The van der Waals surface area contributed by atoms with E-state index in [0.717, 1.165) is 16.8 Å². The van der Waals surface area contributed by atoms with Gasteiger partial charge in [0.1, 0.15) is 6.61 Å². The van der Waals surface area contributed by atoms with Crippen molar-refractivity contribution in [3.8, 4) is 11.5 Å². The van der Waals surface area contributed by atoms with Gasteiger partial charge in [-0.2, -0.15) is 0 Å². The van der Waals surface area contributed by atoms with Crippen molar-refractivity contribution in [2.75, 3.05) is 39.2 Å². The summed E-state index contributed by atoms with van der Waals surface area (Å²) in [5, 5.41) is 3.03. The van der Waals surface area contributed by atoms with Gasteiger partial charge in [0.25, 0.3) is 0 Å². The summed E-state index contributed by atoms with van der Waals surface area (Å²) in [5.41, 5.74) is 2.09. The number of likely N-dealkylation sites (tertiary alicyclic amines) is 1. The number of ether oxygens (including phenoxy) is 3. The highest BCUT2D eigenvalue weighted by atomic mass is 16.5. The first-order valence-electron chi connectivity index (χ1n) is 10.5. The van der Waals surface area contributed by atoms with Crippen molar-refractivity contribution in [1.82, 2.24) is 4.90 Å². The molecule has 7 heteroatoms. The number of anilines is 1. The van der Waals surface area contributed by atoms with Gasteiger partial charge < -0.3 is 24.4 Å². The van der Waals surface area contributed by atoms with E-state index in [4.69, 9.17) is 14.2 Å². The summed E-state index contributed by atoms with van der Waals surface area (Å²) in [4.78, 5) is 27.2. The topological polar surface area (TPSA) is 77.1 Å². The van der Waals surface area contributed by atoms with E-state index in [1.54, 1.807) is 14.2 Å². The molecule has 2 aliphatic heterocycles. The van der Waals surface area contributed by atoms with Gasteiger partial charge in [0.05, 0.1) is 25.6 Å². The van der Waals surface area contributed by atoms with Crippen LogP contribution in [0, 0.1) is 0 Å². The van der Waals surface area contributed by atoms with E-state index in [-0.39, 0.29) is 11.8 Å². The summed E-state index contributed by atoms with van der Waals surface area (Å²) in [5.74, 6) is 1.24. The third kappa shape index (κ3) is 4.10. The van der Waals surface area contributed by atoms with E-state index < -0.39 is 5.41 Å². The third-order valence-corrected chi connectivity index (χ3v) is 6.23. The SMILES string of the molecule is COCCC(=O)N1CCC2(CC1)C(=O)Nc1cc(OCc3ccccc3)c(OC)cc12. The van der Waals surface area contributed by atoms with Crippen molar-refractivity contribution in [1.29, 1.82) is 0 Å². The van der Waals surface area contributed by atoms with Crippen molar-refractivity contribution in [2.45, 2.75) is 31.3 Å². The van der Waals surface area contributed by atoms with Crippen LogP contribution >= 0.6 is 0 Å². The van der Waals surface area contributed by atoms with Crippen LogP contribution in [0.2, 0.25) is 0 Å². The van der Waals surface area contributed by atoms with E-state index in [9.17, 15) is 9.59 Å². The molecule has 7 nitrogen and oxygen atoms in total. The lowest BCUT2D eigenvalue weighted by Crippen LogP contribution is -2.48. The van der Waals surface area contributed by atoms with E-state index in [0.29, 0.717) is 57.1 Å². The van der Waals surface area contributed by atoms with Crippen LogP contribution in [0.15, 0.2) is 42.5 Å². The largest absolute Gasteiger partial charge is 0.493 e. The van der Waals surface area contributed by atoms with Crippen LogP contribution in [0.4, 0.5) is 5.69 Å². The molecule has 31 heavy (non-hydrogen) atoms. The monoisotopic (exact) mass is 424 g/mol. The quantitative estimate of drug-likeness (QED) is 0.739. The van der Waals surface area contributed by atoms with Crippen LogP contribution in [-0.4, -0.2) is 50.6 Å². The highest BCUT2D eigenvalue weighted by molar-refractivity contribution is 6.07. The predicted molar refractivity (Wildman–Crippen MR) is 116 cm³/mol. The summed E-state index contributed by atoms with van der Waals surface area (Å²) in [6.07, 6.45) is 1.53. The highest BCUT2D eigenvalue weighted by Gasteiger charge is 2.49. The smallest absolute Gasteiger partial charge is 0.235 e. The Hall–Kier alpha value is -3.06. The number of benzene rings is 2. The summed E-state index contributed by atoms with van der Waals surface area (Å²) < 4.78 is 16.6. The molecule has 2 heterocycles. The Bertz CT molecular complexity index is 952. The molecule has 0 unspecified atom stereocenters. The number of hydrogen-bond acceptors (Lipinski definition) is 5. The minimum Gasteiger partial charge on any atom is -0.493 e. The standard InChI is InChI=1S/C24H28N2O5/c1-29-13-8-22(27)26-11-9-24(10-12-26)18-14-20(30-2)21(15-19(18)25-23(24)28)31-16-17-6-4-3-5-7-17/h3-7,14-15H,8-13,16H2,1-2H3,(H,25,28). The van der Waals surface area contributed by atoms with Crippen molar-refractivity contribution in [3.05, 3.63) is 53.6 Å². The molecule has 2 aromatic carbocycles. The van der Waals surface area contributed by atoms with Crippen LogP contribution in [-0.2, 0) is 26.3 Å². The van der Waals surface area contributed by atoms with Crippen LogP contribution in [0.25, 0.3) is 0 Å². The van der Waals surface area contributed by atoms with Gasteiger partial charge >= 0.3 is 0 Å². The van der Waals surface area contributed by atoms with Crippen molar-refractivity contribution < 1.29 is 23.8 Å². The van der Waals surface area contributed by atoms with Gasteiger partial charge in [-0.3, -0.25) is 9.59 Å². The molecule has 2 aliphatic rings. The lowest BCUT2D eigenvalue weighted by molar-refractivity contribution is -0.135. The molecule has 1 fully saturated rings. The lowest BCUT2D eigenvalue weighted by Gasteiger charge is -2.38. The maximum Gasteiger partial charge on any atom is 0.235 e. The number of hydrogen-bond donors (Lipinski definition) is 1. The zero-order chi connectivity index (χ0) is 21.8. The summed E-state index contributed by atoms with van der Waals surface area (Å²) in [6, 6.07) is 13.7. The van der Waals surface area contributed by atoms with Gasteiger partial charge in [0.2, 0.25) is 11.8 Å². The third-order valence-electron chi connectivity index (χ3n) is 6.23. The lowest BCUT2D eigenvalue weighted by atomic mass is 9.73. The second-order valence-corrected chi connectivity index (χ2v) is 7.98. The Morgan fingerprint density at radius 3 is 2.52 bits per heavy atom. The number of piperidine rings is 1. The molecular formula is C24H28N2O5. The van der Waals surface area contributed by atoms with Crippen molar-refractivity contribution in [3.63, 3.8) is 0 Å². The minimum absolute atomic E-state index is 0.0197. The molecule has 4 rings (SSSR count). The molecule has 0 saturated carbocycles. The first kappa shape index (κ1) is 21.2. The molecule has 2 amide bonds. The maximum absolute atomic E-state index is 13.0. The van der Waals surface area contributed by atoms with Crippen molar-refractivity contribution >= 4 is 17.5 Å². The maximum atomic E-state index is 13.0. The molecule has 2 aromatic rings. The number of carbonyl (C=O) groups is 2. The molecule has 164 valence electrons. The molecule has 0 bridgehead atoms. The van der Waals surface area contributed by atoms with Crippen LogP contribution < -0.4 is 14.8 Å². The first-order chi connectivity index (χ1) is 15.1. The number of amides is 2. The molecular weight excluding hydrogens is 396 g/mol. The second-order valence-electron chi connectivity index (χ2n) is 7.98. The first-order valence-corrected chi connectivity index (χ1v) is 10.5. The molecule has 1 spiro atoms. The fourth-order valence-corrected chi connectivity index (χ4v) is 4.41. The Morgan fingerprint density at radius 2 is 1.84 bits per heavy atom. The Morgan fingerprint density at radius 1 is 1.10 bits per heavy atom. The van der Waals surface area contributed by atoms with Gasteiger partial charge in [0, 0.05) is 32.0 Å². The second kappa shape index (κ2) is 8.98. The number of rotatable bonds is 7. The van der Waals surface area contributed by atoms with Gasteiger partial charge in [-0.25, -0.2) is 0 Å². The van der Waals surface area contributed by atoms with Gasteiger partial charge in [0.15, 0.2) is 11.5 Å². The predicted octanol–water partition coefficient (Wildman–Crippen LogP) is 3.12. The fraction of sp³-hybridized carbons (Fsp3) is 0.417. The van der Waals surface area contributed by atoms with Gasteiger partial charge in [-0.1, -0.05) is 30.3 Å². The summed E-state index contributed by atoms with van der Waals surface area (Å²) in [6.45, 7) is 1.91. The zero-order valence-corrected chi connectivity index (χ0v) is 18.0. The number of nitrogens with zero attached hydrogens (tertiary/aromatic N) is 1. The molecule has 1 N–H and O–H groups in total. The zero-order valence-electron chi connectivity index (χ0n) is 18.0. The van der Waals surface area contributed by atoms with Gasteiger partial charge in [-0.15, -0.1) is 0 Å². The van der Waals surface area contributed by atoms with E-state index >= 15 is 0 Å².